The molecule has 1 aromatic carbocycles. The molecule has 26 heavy (non-hydrogen) atoms. The Kier molecular flexibility index (Phi) is 7.38. The Morgan fingerprint density at radius 2 is 2.12 bits per heavy atom. The van der Waals surface area contributed by atoms with Gasteiger partial charge in [0.15, 0.2) is 5.96 Å². The van der Waals surface area contributed by atoms with E-state index in [0.717, 1.165) is 25.0 Å². The molecule has 0 aromatic heterocycles. The minimum Gasteiger partial charge on any atom is -0.373 e. The summed E-state index contributed by atoms with van der Waals surface area (Å²) >= 11 is 0. The second kappa shape index (κ2) is 9.52. The van der Waals surface area contributed by atoms with Gasteiger partial charge in [-0.15, -0.1) is 0 Å². The molecule has 0 saturated carbocycles. The molecule has 1 fully saturated rings. The quantitative estimate of drug-likeness (QED) is 0.483. The smallest absolute Gasteiger partial charge is 0.222 e. The molecule has 2 rings (SSSR count). The van der Waals surface area contributed by atoms with E-state index in [4.69, 9.17) is 10.5 Å². The van der Waals surface area contributed by atoms with Gasteiger partial charge in [-0.3, -0.25) is 9.79 Å². The van der Waals surface area contributed by atoms with Crippen molar-refractivity contribution in [1.29, 1.82) is 0 Å². The lowest BCUT2D eigenvalue weighted by Gasteiger charge is -2.22. The van der Waals surface area contributed by atoms with Gasteiger partial charge in [-0.25, -0.2) is 4.39 Å². The van der Waals surface area contributed by atoms with Gasteiger partial charge in [0.2, 0.25) is 5.91 Å². The van der Waals surface area contributed by atoms with Crippen LogP contribution in [0.3, 0.4) is 0 Å². The molecule has 2 unspecified atom stereocenters. The topological polar surface area (TPSA) is 88.7 Å². The molecule has 0 bridgehead atoms. The molecule has 144 valence electrons. The van der Waals surface area contributed by atoms with E-state index in [2.05, 4.69) is 22.5 Å². The number of hydrogen-bond donors (Lipinski definition) is 3. The highest BCUT2D eigenvalue weighted by Gasteiger charge is 2.29. The van der Waals surface area contributed by atoms with E-state index in [1.54, 1.807) is 12.1 Å². The molecule has 0 aliphatic carbocycles. The second-order valence-corrected chi connectivity index (χ2v) is 6.91. The van der Waals surface area contributed by atoms with E-state index in [1.165, 1.54) is 12.1 Å². The molecule has 2 atom stereocenters. The van der Waals surface area contributed by atoms with Crippen molar-refractivity contribution in [3.05, 3.63) is 35.6 Å². The number of rotatable bonds is 8. The maximum atomic E-state index is 13.0. The fraction of sp³-hybridized carbons (Fsp3) is 0.579. The van der Waals surface area contributed by atoms with Crippen molar-refractivity contribution in [2.24, 2.45) is 16.6 Å². The Hall–Kier alpha value is -2.15. The van der Waals surface area contributed by atoms with Crippen molar-refractivity contribution >= 4 is 11.9 Å². The number of nitrogens with two attached hydrogens (primary N) is 1. The van der Waals surface area contributed by atoms with Gasteiger partial charge in [0.05, 0.1) is 18.1 Å². The summed E-state index contributed by atoms with van der Waals surface area (Å²) in [4.78, 5) is 16.4. The van der Waals surface area contributed by atoms with E-state index >= 15 is 0 Å². The van der Waals surface area contributed by atoms with E-state index in [9.17, 15) is 9.18 Å². The molecular formula is C19H29FN4O2. The number of carbonyl (C=O) groups excluding carboxylic acids is 1. The Balaban J connectivity index is 1.94. The van der Waals surface area contributed by atoms with Gasteiger partial charge in [-0.2, -0.15) is 0 Å². The van der Waals surface area contributed by atoms with Crippen LogP contribution < -0.4 is 16.4 Å². The van der Waals surface area contributed by atoms with Gasteiger partial charge in [-0.05, 0) is 50.8 Å². The molecule has 1 saturated heterocycles. The fourth-order valence-corrected chi connectivity index (χ4v) is 2.95. The molecule has 1 heterocycles. The number of halogens is 1. The van der Waals surface area contributed by atoms with E-state index in [0.29, 0.717) is 32.0 Å². The first-order chi connectivity index (χ1) is 12.4. The summed E-state index contributed by atoms with van der Waals surface area (Å²) in [6, 6.07) is 6.11. The van der Waals surface area contributed by atoms with Crippen LogP contribution in [0, 0.1) is 11.7 Å². The van der Waals surface area contributed by atoms with E-state index < -0.39 is 11.8 Å². The molecule has 4 N–H and O–H groups in total. The third-order valence-electron chi connectivity index (χ3n) is 4.53. The summed E-state index contributed by atoms with van der Waals surface area (Å²) in [5.41, 5.74) is 6.18. The lowest BCUT2D eigenvalue weighted by atomic mass is 9.98. The highest BCUT2D eigenvalue weighted by Crippen LogP contribution is 2.25. The predicted molar refractivity (Wildman–Crippen MR) is 100 cm³/mol. The summed E-state index contributed by atoms with van der Waals surface area (Å²) in [5, 5.41) is 6.35. The minimum atomic E-state index is -0.414. The third kappa shape index (κ3) is 6.29. The number of nitrogens with zero attached hydrogens (tertiary/aromatic N) is 1. The van der Waals surface area contributed by atoms with Crippen molar-refractivity contribution in [2.45, 2.75) is 38.7 Å². The maximum Gasteiger partial charge on any atom is 0.222 e. The van der Waals surface area contributed by atoms with E-state index in [-0.39, 0.29) is 11.4 Å². The number of nitrogens with one attached hydrogen (secondary N) is 2. The Morgan fingerprint density at radius 1 is 1.38 bits per heavy atom. The minimum absolute atomic E-state index is 0.223. The Labute approximate surface area is 154 Å². The van der Waals surface area contributed by atoms with Crippen molar-refractivity contribution < 1.29 is 13.9 Å². The van der Waals surface area contributed by atoms with Crippen LogP contribution in [0.1, 0.15) is 32.3 Å². The van der Waals surface area contributed by atoms with Gasteiger partial charge in [-0.1, -0.05) is 12.1 Å². The number of ether oxygens (including phenoxy) is 1. The van der Waals surface area contributed by atoms with Crippen LogP contribution >= 0.6 is 0 Å². The summed E-state index contributed by atoms with van der Waals surface area (Å²) < 4.78 is 18.8. The number of carbonyl (C=O) groups is 1. The maximum absolute atomic E-state index is 13.0. The van der Waals surface area contributed by atoms with Crippen LogP contribution in [-0.4, -0.2) is 43.7 Å². The number of amides is 1. The fourth-order valence-electron chi connectivity index (χ4n) is 2.95. The highest BCUT2D eigenvalue weighted by molar-refractivity contribution is 5.81. The number of primary amides is 1. The summed E-state index contributed by atoms with van der Waals surface area (Å²) in [6.07, 6.45) is 2.49. The first kappa shape index (κ1) is 20.2. The monoisotopic (exact) mass is 364 g/mol. The third-order valence-corrected chi connectivity index (χ3v) is 4.53. The van der Waals surface area contributed by atoms with Crippen LogP contribution in [0.5, 0.6) is 0 Å². The van der Waals surface area contributed by atoms with Gasteiger partial charge in [0.1, 0.15) is 5.82 Å². The van der Waals surface area contributed by atoms with Crippen LogP contribution in [0.4, 0.5) is 4.39 Å². The average Bonchev–Trinajstić information content (AvgIpc) is 3.04. The number of guanidine groups is 1. The number of hydrogen-bond acceptors (Lipinski definition) is 3. The number of benzene rings is 1. The second-order valence-electron chi connectivity index (χ2n) is 6.91. The van der Waals surface area contributed by atoms with Crippen molar-refractivity contribution in [2.75, 3.05) is 26.2 Å². The largest absolute Gasteiger partial charge is 0.373 e. The molecule has 1 aliphatic rings. The zero-order chi connectivity index (χ0) is 19.0. The Morgan fingerprint density at radius 3 is 2.69 bits per heavy atom. The number of aliphatic imine (C=N–C) groups is 1. The molecule has 1 aliphatic heterocycles. The zero-order valence-corrected chi connectivity index (χ0v) is 15.6. The van der Waals surface area contributed by atoms with Crippen molar-refractivity contribution in [1.82, 2.24) is 10.6 Å². The molecule has 6 nitrogen and oxygen atoms in total. The van der Waals surface area contributed by atoms with Gasteiger partial charge in [0.25, 0.3) is 0 Å². The molecule has 0 radical (unpaired) electrons. The zero-order valence-electron chi connectivity index (χ0n) is 15.6. The molecule has 1 amide bonds. The Bertz CT molecular complexity index is 612. The van der Waals surface area contributed by atoms with Gasteiger partial charge in [0, 0.05) is 19.7 Å². The van der Waals surface area contributed by atoms with Gasteiger partial charge < -0.3 is 21.1 Å². The first-order valence-electron chi connectivity index (χ1n) is 9.12. The highest BCUT2D eigenvalue weighted by atomic mass is 19.1. The van der Waals surface area contributed by atoms with Crippen LogP contribution in [0.2, 0.25) is 0 Å². The van der Waals surface area contributed by atoms with E-state index in [1.807, 2.05) is 6.92 Å². The van der Waals surface area contributed by atoms with Gasteiger partial charge >= 0.3 is 0 Å². The average molecular weight is 364 g/mol. The molecule has 1 aromatic rings. The van der Waals surface area contributed by atoms with Crippen LogP contribution in [-0.2, 0) is 16.0 Å². The first-order valence-corrected chi connectivity index (χ1v) is 9.12. The molecule has 7 heteroatoms. The van der Waals surface area contributed by atoms with Crippen molar-refractivity contribution in [3.8, 4) is 0 Å². The lowest BCUT2D eigenvalue weighted by molar-refractivity contribution is -0.121. The lowest BCUT2D eigenvalue weighted by Crippen LogP contribution is -2.44. The normalized spacial score (nSPS) is 21.4. The summed E-state index contributed by atoms with van der Waals surface area (Å²) in [5.74, 6) is -0.479. The molecular weight excluding hydrogens is 335 g/mol. The van der Waals surface area contributed by atoms with Crippen LogP contribution in [0.25, 0.3) is 0 Å². The van der Waals surface area contributed by atoms with Crippen LogP contribution in [0.15, 0.2) is 29.3 Å². The predicted octanol–water partition coefficient (Wildman–Crippen LogP) is 1.59. The SMILES string of the molecule is CCNC(=NCC1(C)CCCO1)NCC(Cc1ccc(F)cc1)C(N)=O. The summed E-state index contributed by atoms with van der Waals surface area (Å²) in [7, 11) is 0. The van der Waals surface area contributed by atoms with Crippen molar-refractivity contribution in [3.63, 3.8) is 0 Å². The summed E-state index contributed by atoms with van der Waals surface area (Å²) in [6.45, 7) is 6.44. The molecule has 0 spiro atoms. The standard InChI is InChI=1S/C19H29FN4O2/c1-3-22-18(24-13-19(2)9-4-10-26-19)23-12-15(17(21)25)11-14-5-7-16(20)8-6-14/h5-8,15H,3-4,9-13H2,1-2H3,(H2,21,25)(H2,22,23,24).